The number of hydrogen-bond donors (Lipinski definition) is 1. The van der Waals surface area contributed by atoms with Crippen molar-refractivity contribution in [2.75, 3.05) is 5.73 Å². The lowest BCUT2D eigenvalue weighted by atomic mass is 10.4. The van der Waals surface area contributed by atoms with Gasteiger partial charge in [0.2, 0.25) is 0 Å². The van der Waals surface area contributed by atoms with Gasteiger partial charge < -0.3 is 5.73 Å². The lowest BCUT2D eigenvalue weighted by Gasteiger charge is -1.92. The van der Waals surface area contributed by atoms with Gasteiger partial charge in [-0.15, -0.1) is 25.5 Å². The first-order valence-electron chi connectivity index (χ1n) is 17.0. The van der Waals surface area contributed by atoms with Crippen LogP contribution in [0.15, 0.2) is 83.9 Å². The maximum absolute atomic E-state index is 5.67. The average Bonchev–Trinajstić information content (AvgIpc) is 3.85. The SMILES string of the molecule is CC.CC.CC.CC.CC.Cc1ccc(Cl)nn1.Clc1ccc(Cl)nn1.Clc1ccc2ncc(Br)n2n1.Clc1ccc2nccn2n1.Nc1ccc(Cl)nn1. The highest BCUT2D eigenvalue weighted by Crippen LogP contribution is 2.13. The number of hydrogen-bond acceptors (Lipinski definition) is 11. The second kappa shape index (κ2) is 36.2. The normalized spacial score (nSPS) is 8.62. The Kier molecular flexibility index (Phi) is 36.7. The number of anilines is 1. The molecule has 0 radical (unpaired) electrons. The Balaban J connectivity index is -0.000000584. The molecule has 0 aromatic carbocycles. The summed E-state index contributed by atoms with van der Waals surface area (Å²) in [6.45, 7) is 21.9. The van der Waals surface area contributed by atoms with E-state index < -0.39 is 0 Å². The van der Waals surface area contributed by atoms with Gasteiger partial charge in [0.15, 0.2) is 31.9 Å². The number of aryl methyl sites for hydroxylation is 1. The molecular weight excluding hydrogens is 895 g/mol. The summed E-state index contributed by atoms with van der Waals surface area (Å²) in [5, 5.41) is 31.6. The Morgan fingerprint density at radius 1 is 0.491 bits per heavy atom. The minimum Gasteiger partial charge on any atom is -0.382 e. The number of aromatic nitrogens is 12. The van der Waals surface area contributed by atoms with Crippen LogP contribution in [0.5, 0.6) is 0 Å². The van der Waals surface area contributed by atoms with Crippen LogP contribution in [0.4, 0.5) is 5.82 Å². The quantitative estimate of drug-likeness (QED) is 0.154. The van der Waals surface area contributed by atoms with Crippen LogP contribution in [0.2, 0.25) is 30.9 Å². The molecular formula is C35H48BrCl6N13. The summed E-state index contributed by atoms with van der Waals surface area (Å²) >= 11 is 36.1. The molecule has 7 heterocycles. The molecule has 302 valence electrons. The van der Waals surface area contributed by atoms with Crippen molar-refractivity contribution in [3.8, 4) is 0 Å². The number of nitrogen functional groups attached to an aromatic ring is 1. The van der Waals surface area contributed by atoms with Crippen LogP contribution < -0.4 is 5.73 Å². The molecule has 0 spiro atoms. The van der Waals surface area contributed by atoms with Crippen LogP contribution in [-0.2, 0) is 0 Å². The van der Waals surface area contributed by atoms with E-state index in [9.17, 15) is 0 Å². The molecule has 0 aliphatic rings. The van der Waals surface area contributed by atoms with Crippen molar-refractivity contribution >= 4 is 103 Å². The number of fused-ring (bicyclic) bond motifs is 2. The van der Waals surface area contributed by atoms with E-state index in [1.54, 1.807) is 76.2 Å². The molecule has 0 saturated carbocycles. The Hall–Kier alpha value is -3.50. The molecule has 0 saturated heterocycles. The van der Waals surface area contributed by atoms with E-state index in [-0.39, 0.29) is 0 Å². The van der Waals surface area contributed by atoms with Gasteiger partial charge in [-0.25, -0.2) is 19.0 Å². The van der Waals surface area contributed by atoms with Crippen LogP contribution in [0.1, 0.15) is 74.9 Å². The van der Waals surface area contributed by atoms with Crippen LogP contribution >= 0.6 is 85.5 Å². The fourth-order valence-corrected chi connectivity index (χ4v) is 3.67. The van der Waals surface area contributed by atoms with E-state index in [1.807, 2.05) is 88.3 Å². The molecule has 55 heavy (non-hydrogen) atoms. The van der Waals surface area contributed by atoms with E-state index in [2.05, 4.69) is 66.7 Å². The zero-order valence-electron chi connectivity index (χ0n) is 32.6. The van der Waals surface area contributed by atoms with Gasteiger partial charge in [0.1, 0.15) is 20.7 Å². The number of nitrogens with two attached hydrogens (primary N) is 1. The molecule has 0 fully saturated rings. The molecule has 0 atom stereocenters. The predicted molar refractivity (Wildman–Crippen MR) is 236 cm³/mol. The Morgan fingerprint density at radius 2 is 0.909 bits per heavy atom. The molecule has 0 aliphatic heterocycles. The number of imidazole rings is 2. The molecule has 7 aromatic heterocycles. The third kappa shape index (κ3) is 26.1. The first-order chi connectivity index (χ1) is 26.5. The fraction of sp³-hybridized carbons (Fsp3) is 0.314. The van der Waals surface area contributed by atoms with Crippen molar-refractivity contribution < 1.29 is 0 Å². The lowest BCUT2D eigenvalue weighted by molar-refractivity contribution is 0.916. The first-order valence-corrected chi connectivity index (χ1v) is 20.0. The van der Waals surface area contributed by atoms with Crippen molar-refractivity contribution in [2.45, 2.75) is 76.2 Å². The van der Waals surface area contributed by atoms with Crippen molar-refractivity contribution in [3.63, 3.8) is 0 Å². The standard InChI is InChI=1S/C6H3BrClN3.C6H4ClN3.C5H5ClN2.C4H2Cl2N2.C4H4ClN3.5C2H6/c7-4-3-9-6-2-1-5(8)10-11(4)6;7-5-1-2-6-8-3-4-10(6)9-5;1-4-2-3-5(6)8-7-4;2*5-3-1-2-4(6)8-7-3;5*1-2/h1-3H;1-4H;2-3H,1H3;1-2H;1-2H,(H2,6,8);5*1-2H3. The van der Waals surface area contributed by atoms with Gasteiger partial charge in [-0.05, 0) is 83.5 Å². The molecule has 20 heteroatoms. The smallest absolute Gasteiger partial charge is 0.154 e. The van der Waals surface area contributed by atoms with Gasteiger partial charge in [-0.2, -0.15) is 15.3 Å². The summed E-state index contributed by atoms with van der Waals surface area (Å²) in [4.78, 5) is 8.06. The second-order valence-electron chi connectivity index (χ2n) is 7.85. The van der Waals surface area contributed by atoms with E-state index in [4.69, 9.17) is 75.3 Å². The molecule has 0 unspecified atom stereocenters. The van der Waals surface area contributed by atoms with Gasteiger partial charge in [-0.3, -0.25) is 0 Å². The second-order valence-corrected chi connectivity index (χ2v) is 11.0. The van der Waals surface area contributed by atoms with Gasteiger partial charge in [0, 0.05) is 12.4 Å². The van der Waals surface area contributed by atoms with Gasteiger partial charge in [0.05, 0.1) is 11.9 Å². The maximum atomic E-state index is 5.67. The topological polar surface area (TPSA) is 164 Å². The zero-order chi connectivity index (χ0) is 42.8. The Labute approximate surface area is 362 Å². The molecule has 13 nitrogen and oxygen atoms in total. The molecule has 7 aromatic rings. The first kappa shape index (κ1) is 55.8. The molecule has 7 rings (SSSR count). The van der Waals surface area contributed by atoms with E-state index in [1.165, 1.54) is 0 Å². The van der Waals surface area contributed by atoms with E-state index >= 15 is 0 Å². The third-order valence-corrected chi connectivity index (χ3v) is 6.28. The summed E-state index contributed by atoms with van der Waals surface area (Å²) in [5.41, 5.74) is 7.67. The number of nitrogens with zero attached hydrogens (tertiary/aromatic N) is 12. The molecule has 0 aliphatic carbocycles. The summed E-state index contributed by atoms with van der Waals surface area (Å²) < 4.78 is 4.06. The number of rotatable bonds is 0. The Morgan fingerprint density at radius 3 is 1.33 bits per heavy atom. The highest BCUT2D eigenvalue weighted by molar-refractivity contribution is 9.10. The van der Waals surface area contributed by atoms with Crippen molar-refractivity contribution in [1.29, 1.82) is 0 Å². The van der Waals surface area contributed by atoms with Crippen LogP contribution in [0, 0.1) is 6.92 Å². The monoisotopic (exact) mass is 939 g/mol. The highest BCUT2D eigenvalue weighted by atomic mass is 79.9. The summed E-state index contributed by atoms with van der Waals surface area (Å²) in [7, 11) is 0. The van der Waals surface area contributed by atoms with E-state index in [0.717, 1.165) is 21.6 Å². The fourth-order valence-electron chi connectivity index (χ4n) is 2.62. The van der Waals surface area contributed by atoms with Gasteiger partial charge in [-0.1, -0.05) is 139 Å². The zero-order valence-corrected chi connectivity index (χ0v) is 38.7. The van der Waals surface area contributed by atoms with Gasteiger partial charge >= 0.3 is 0 Å². The third-order valence-electron chi connectivity index (χ3n) is 4.53. The molecule has 2 N–H and O–H groups in total. The molecule has 0 bridgehead atoms. The largest absolute Gasteiger partial charge is 0.382 e. The van der Waals surface area contributed by atoms with Crippen LogP contribution in [-0.4, -0.2) is 59.8 Å². The highest BCUT2D eigenvalue weighted by Gasteiger charge is 2.00. The van der Waals surface area contributed by atoms with Crippen molar-refractivity contribution in [2.24, 2.45) is 0 Å². The average molecular weight is 943 g/mol. The summed E-state index contributed by atoms with van der Waals surface area (Å²) in [6, 6.07) is 16.9. The summed E-state index contributed by atoms with van der Waals surface area (Å²) in [6.07, 6.45) is 5.11. The minimum atomic E-state index is 0.356. The summed E-state index contributed by atoms with van der Waals surface area (Å²) in [5.74, 6) is 0.384. The maximum Gasteiger partial charge on any atom is 0.154 e. The number of halogens is 7. The predicted octanol–water partition coefficient (Wildman–Crippen LogP) is 12.6. The van der Waals surface area contributed by atoms with Crippen LogP contribution in [0.25, 0.3) is 11.3 Å². The van der Waals surface area contributed by atoms with Crippen LogP contribution in [0.3, 0.4) is 0 Å². The van der Waals surface area contributed by atoms with E-state index in [0.29, 0.717) is 36.7 Å². The van der Waals surface area contributed by atoms with Crippen molar-refractivity contribution in [1.82, 2.24) is 59.8 Å². The van der Waals surface area contributed by atoms with Gasteiger partial charge in [0.25, 0.3) is 0 Å². The Bertz CT molecular complexity index is 1750. The molecule has 0 amide bonds. The minimum absolute atomic E-state index is 0.356. The lowest BCUT2D eigenvalue weighted by Crippen LogP contribution is -1.90. The van der Waals surface area contributed by atoms with Crippen molar-refractivity contribution in [3.05, 3.63) is 120 Å².